The van der Waals surface area contributed by atoms with Crippen molar-refractivity contribution < 1.29 is 19.0 Å². The molecule has 0 aliphatic carbocycles. The number of hydrogen-bond acceptors (Lipinski definition) is 6. The Hall–Kier alpha value is -1.75. The maximum atomic E-state index is 11.7. The molecule has 0 radical (unpaired) electrons. The van der Waals surface area contributed by atoms with Crippen molar-refractivity contribution >= 4 is 35.9 Å². The van der Waals surface area contributed by atoms with Crippen LogP contribution in [0.2, 0.25) is 0 Å². The molecule has 0 spiro atoms. The molecule has 1 saturated heterocycles. The summed E-state index contributed by atoms with van der Waals surface area (Å²) in [6.45, 7) is 2.25. The fraction of sp³-hybridized carbons (Fsp3) is 0.619. The third-order valence-corrected chi connectivity index (χ3v) is 5.41. The molecule has 0 aromatic heterocycles. The van der Waals surface area contributed by atoms with E-state index in [9.17, 15) is 4.79 Å². The average molecular weight is 534 g/mol. The Balaban J connectivity index is 0.00000450. The highest BCUT2D eigenvalue weighted by atomic mass is 127. The van der Waals surface area contributed by atoms with Crippen LogP contribution in [0.3, 0.4) is 0 Å². The molecular weight excluding hydrogens is 499 g/mol. The summed E-state index contributed by atoms with van der Waals surface area (Å²) in [6, 6.07) is 6.12. The van der Waals surface area contributed by atoms with E-state index in [4.69, 9.17) is 14.2 Å². The number of likely N-dealkylation sites (N-methyl/N-ethyl adjacent to an activating group) is 1. The van der Waals surface area contributed by atoms with E-state index in [1.807, 2.05) is 26.2 Å². The second-order valence-electron chi connectivity index (χ2n) is 7.31. The number of halogens is 1. The molecule has 1 aliphatic heterocycles. The van der Waals surface area contributed by atoms with E-state index >= 15 is 0 Å². The lowest BCUT2D eigenvalue weighted by Crippen LogP contribution is -2.48. The number of piperidine rings is 1. The van der Waals surface area contributed by atoms with Crippen molar-refractivity contribution in [3.05, 3.63) is 23.8 Å². The van der Waals surface area contributed by atoms with Crippen LogP contribution in [-0.2, 0) is 9.53 Å². The van der Waals surface area contributed by atoms with Gasteiger partial charge in [-0.1, -0.05) is 6.07 Å². The molecule has 1 aliphatic rings. The first-order chi connectivity index (χ1) is 13.9. The molecule has 0 saturated carbocycles. The molecule has 1 aromatic carbocycles. The Bertz CT molecular complexity index is 706. The van der Waals surface area contributed by atoms with Gasteiger partial charge in [-0.05, 0) is 44.6 Å². The van der Waals surface area contributed by atoms with E-state index in [2.05, 4.69) is 26.2 Å². The molecule has 1 unspecified atom stereocenters. The molecule has 0 amide bonds. The fourth-order valence-electron chi connectivity index (χ4n) is 3.67. The number of guanidine groups is 1. The van der Waals surface area contributed by atoms with Gasteiger partial charge in [-0.3, -0.25) is 9.79 Å². The number of carbonyl (C=O) groups is 1. The van der Waals surface area contributed by atoms with Gasteiger partial charge in [-0.25, -0.2) is 0 Å². The van der Waals surface area contributed by atoms with Gasteiger partial charge in [0.2, 0.25) is 0 Å². The van der Waals surface area contributed by atoms with E-state index in [1.54, 1.807) is 21.3 Å². The van der Waals surface area contributed by atoms with E-state index in [1.165, 1.54) is 7.11 Å². The van der Waals surface area contributed by atoms with Gasteiger partial charge in [-0.15, -0.1) is 24.0 Å². The van der Waals surface area contributed by atoms with Crippen molar-refractivity contribution in [3.8, 4) is 11.5 Å². The van der Waals surface area contributed by atoms with Crippen LogP contribution in [0.25, 0.3) is 0 Å². The zero-order valence-corrected chi connectivity index (χ0v) is 21.1. The predicted molar refractivity (Wildman–Crippen MR) is 129 cm³/mol. The normalized spacial score (nSPS) is 16.0. The zero-order valence-electron chi connectivity index (χ0n) is 18.8. The average Bonchev–Trinajstić information content (AvgIpc) is 2.75. The van der Waals surface area contributed by atoms with Crippen molar-refractivity contribution in [2.45, 2.75) is 18.9 Å². The Kier molecular flexibility index (Phi) is 11.2. The first-order valence-corrected chi connectivity index (χ1v) is 9.86. The highest BCUT2D eigenvalue weighted by Crippen LogP contribution is 2.31. The largest absolute Gasteiger partial charge is 0.493 e. The second kappa shape index (κ2) is 12.8. The van der Waals surface area contributed by atoms with Crippen LogP contribution in [0.5, 0.6) is 11.5 Å². The Morgan fingerprint density at radius 3 is 2.33 bits per heavy atom. The third kappa shape index (κ3) is 6.63. The Labute approximate surface area is 197 Å². The van der Waals surface area contributed by atoms with Gasteiger partial charge < -0.3 is 29.3 Å². The van der Waals surface area contributed by atoms with Gasteiger partial charge in [0.25, 0.3) is 0 Å². The molecule has 0 bridgehead atoms. The minimum atomic E-state index is -0.117. The van der Waals surface area contributed by atoms with Crippen molar-refractivity contribution in [3.63, 3.8) is 0 Å². The van der Waals surface area contributed by atoms with Crippen LogP contribution in [0, 0.1) is 5.92 Å². The molecule has 9 heteroatoms. The molecule has 1 N–H and O–H groups in total. The lowest BCUT2D eigenvalue weighted by Gasteiger charge is -2.34. The summed E-state index contributed by atoms with van der Waals surface area (Å²) in [4.78, 5) is 20.5. The van der Waals surface area contributed by atoms with Crippen LogP contribution in [0.15, 0.2) is 23.2 Å². The van der Waals surface area contributed by atoms with Crippen LogP contribution < -0.4 is 14.8 Å². The molecule has 8 nitrogen and oxygen atoms in total. The molecule has 1 atom stereocenters. The van der Waals surface area contributed by atoms with Crippen molar-refractivity contribution in [2.24, 2.45) is 10.9 Å². The van der Waals surface area contributed by atoms with E-state index < -0.39 is 0 Å². The van der Waals surface area contributed by atoms with Gasteiger partial charge >= 0.3 is 5.97 Å². The summed E-state index contributed by atoms with van der Waals surface area (Å²) in [5, 5.41) is 3.49. The number of methoxy groups -OCH3 is 3. The van der Waals surface area contributed by atoms with Crippen LogP contribution in [0.1, 0.15) is 24.4 Å². The summed E-state index contributed by atoms with van der Waals surface area (Å²) in [6.07, 6.45) is 1.56. The molecule has 1 fully saturated rings. The summed E-state index contributed by atoms with van der Waals surface area (Å²) in [5.41, 5.74) is 1.13. The van der Waals surface area contributed by atoms with Crippen molar-refractivity contribution in [1.29, 1.82) is 0 Å². The standard InChI is InChI=1S/C21H34N4O4.HI/c1-22-21(25-11-9-15(10-12-25)20(26)29-6)23-14-17(24(2)3)16-7-8-18(27-4)19(13-16)28-5;/h7-8,13,15,17H,9-12,14H2,1-6H3,(H,22,23);1H. The Morgan fingerprint density at radius 1 is 1.20 bits per heavy atom. The lowest BCUT2D eigenvalue weighted by atomic mass is 9.97. The smallest absolute Gasteiger partial charge is 0.308 e. The number of hydrogen-bond donors (Lipinski definition) is 1. The topological polar surface area (TPSA) is 75.6 Å². The number of rotatable bonds is 7. The molecular formula is C21H35IN4O4. The summed E-state index contributed by atoms with van der Waals surface area (Å²) in [5.74, 6) is 2.14. The number of likely N-dealkylation sites (tertiary alicyclic amines) is 1. The number of benzene rings is 1. The fourth-order valence-corrected chi connectivity index (χ4v) is 3.67. The number of carbonyl (C=O) groups excluding carboxylic acids is 1. The molecule has 170 valence electrons. The van der Waals surface area contributed by atoms with Gasteiger partial charge in [0.15, 0.2) is 17.5 Å². The highest BCUT2D eigenvalue weighted by molar-refractivity contribution is 14.0. The van der Waals surface area contributed by atoms with Crippen LogP contribution in [0.4, 0.5) is 0 Å². The SMILES string of the molecule is CN=C(NCC(c1ccc(OC)c(OC)c1)N(C)C)N1CCC(C(=O)OC)CC1.I. The zero-order chi connectivity index (χ0) is 21.4. The molecule has 1 aromatic rings. The maximum absolute atomic E-state index is 11.7. The number of nitrogens with zero attached hydrogens (tertiary/aromatic N) is 3. The second-order valence-corrected chi connectivity index (χ2v) is 7.31. The van der Waals surface area contributed by atoms with Crippen LogP contribution in [-0.4, -0.2) is 83.8 Å². The lowest BCUT2D eigenvalue weighted by molar-refractivity contribution is -0.146. The van der Waals surface area contributed by atoms with Crippen molar-refractivity contribution in [1.82, 2.24) is 15.1 Å². The van der Waals surface area contributed by atoms with E-state index in [0.717, 1.165) is 37.5 Å². The minimum Gasteiger partial charge on any atom is -0.493 e. The minimum absolute atomic E-state index is 0. The molecule has 2 rings (SSSR count). The number of ether oxygens (including phenoxy) is 3. The predicted octanol–water partition coefficient (Wildman–Crippen LogP) is 2.38. The van der Waals surface area contributed by atoms with Gasteiger partial charge in [0, 0.05) is 26.7 Å². The monoisotopic (exact) mass is 534 g/mol. The number of esters is 1. The maximum Gasteiger partial charge on any atom is 0.308 e. The summed E-state index contributed by atoms with van der Waals surface area (Å²) >= 11 is 0. The van der Waals surface area contributed by atoms with E-state index in [-0.39, 0.29) is 41.9 Å². The first kappa shape index (κ1) is 26.3. The summed E-state index contributed by atoms with van der Waals surface area (Å²) < 4.78 is 15.7. The highest BCUT2D eigenvalue weighted by Gasteiger charge is 2.27. The number of nitrogens with one attached hydrogen (secondary N) is 1. The van der Waals surface area contributed by atoms with E-state index in [0.29, 0.717) is 18.0 Å². The quantitative estimate of drug-likeness (QED) is 0.249. The van der Waals surface area contributed by atoms with Gasteiger partial charge in [-0.2, -0.15) is 0 Å². The number of aliphatic imine (C=N–C) groups is 1. The molecule has 1 heterocycles. The van der Waals surface area contributed by atoms with Crippen molar-refractivity contribution in [2.75, 3.05) is 62.1 Å². The third-order valence-electron chi connectivity index (χ3n) is 5.41. The first-order valence-electron chi connectivity index (χ1n) is 9.86. The van der Waals surface area contributed by atoms with Gasteiger partial charge in [0.05, 0.1) is 33.3 Å². The van der Waals surface area contributed by atoms with Crippen LogP contribution >= 0.6 is 24.0 Å². The van der Waals surface area contributed by atoms with Gasteiger partial charge in [0.1, 0.15) is 0 Å². The summed E-state index contributed by atoms with van der Waals surface area (Å²) in [7, 11) is 10.6. The molecule has 30 heavy (non-hydrogen) atoms. The Morgan fingerprint density at radius 2 is 1.83 bits per heavy atom.